The van der Waals surface area contributed by atoms with E-state index >= 15 is 0 Å². The largest absolute Gasteiger partial charge is 0.494 e. The van der Waals surface area contributed by atoms with E-state index in [9.17, 15) is 9.18 Å². The number of ether oxygens (including phenoxy) is 1. The van der Waals surface area contributed by atoms with Crippen molar-refractivity contribution in [3.05, 3.63) is 29.6 Å². The summed E-state index contributed by atoms with van der Waals surface area (Å²) in [5.41, 5.74) is 0.790. The molecule has 0 fully saturated rings. The van der Waals surface area contributed by atoms with E-state index in [1.807, 2.05) is 24.9 Å². The van der Waals surface area contributed by atoms with Crippen molar-refractivity contribution in [3.8, 4) is 5.75 Å². The van der Waals surface area contributed by atoms with E-state index in [1.54, 1.807) is 20.2 Å². The summed E-state index contributed by atoms with van der Waals surface area (Å²) in [6.45, 7) is 4.63. The van der Waals surface area contributed by atoms with Crippen LogP contribution in [0, 0.1) is 5.82 Å². The van der Waals surface area contributed by atoms with Gasteiger partial charge < -0.3 is 19.9 Å². The number of amides is 1. The fourth-order valence-corrected chi connectivity index (χ4v) is 2.04. The number of halogens is 2. The van der Waals surface area contributed by atoms with Crippen LogP contribution in [0.4, 0.5) is 4.39 Å². The number of nitrogens with one attached hydrogen (secondary N) is 1. The first-order valence-electron chi connectivity index (χ1n) is 8.33. The highest BCUT2D eigenvalue weighted by Crippen LogP contribution is 2.18. The zero-order valence-electron chi connectivity index (χ0n) is 16.4. The number of hydrogen-bond donors (Lipinski definition) is 1. The van der Waals surface area contributed by atoms with E-state index in [2.05, 4.69) is 17.2 Å². The number of likely N-dealkylation sites (N-methyl/N-ethyl adjacent to an activating group) is 1. The average Bonchev–Trinajstić information content (AvgIpc) is 2.57. The molecule has 0 bridgehead atoms. The fraction of sp³-hybridized carbons (Fsp3) is 0.556. The van der Waals surface area contributed by atoms with Gasteiger partial charge in [-0.3, -0.25) is 4.79 Å². The zero-order chi connectivity index (χ0) is 19.0. The summed E-state index contributed by atoms with van der Waals surface area (Å²) < 4.78 is 18.8. The topological polar surface area (TPSA) is 57.2 Å². The van der Waals surface area contributed by atoms with Gasteiger partial charge in [0.05, 0.1) is 7.11 Å². The highest BCUT2D eigenvalue weighted by Gasteiger charge is 2.13. The lowest BCUT2D eigenvalue weighted by Gasteiger charge is -2.25. The van der Waals surface area contributed by atoms with Crippen molar-refractivity contribution in [1.29, 1.82) is 0 Å². The molecule has 0 saturated carbocycles. The Morgan fingerprint density at radius 3 is 2.50 bits per heavy atom. The van der Waals surface area contributed by atoms with Crippen LogP contribution in [0.25, 0.3) is 0 Å². The molecule has 1 amide bonds. The van der Waals surface area contributed by atoms with Gasteiger partial charge in [-0.15, -0.1) is 24.0 Å². The maximum atomic E-state index is 13.9. The van der Waals surface area contributed by atoms with Crippen molar-refractivity contribution in [1.82, 2.24) is 15.1 Å². The molecular formula is C18H30FIN4O2. The first-order valence-corrected chi connectivity index (χ1v) is 8.33. The predicted molar refractivity (Wildman–Crippen MR) is 114 cm³/mol. The highest BCUT2D eigenvalue weighted by molar-refractivity contribution is 14.0. The normalized spacial score (nSPS) is 12.0. The second kappa shape index (κ2) is 11.9. The van der Waals surface area contributed by atoms with Crippen LogP contribution in [0.1, 0.15) is 25.8 Å². The van der Waals surface area contributed by atoms with Crippen LogP contribution >= 0.6 is 24.0 Å². The Balaban J connectivity index is 0.00000625. The van der Waals surface area contributed by atoms with E-state index in [0.29, 0.717) is 12.5 Å². The summed E-state index contributed by atoms with van der Waals surface area (Å²) in [4.78, 5) is 19.6. The highest BCUT2D eigenvalue weighted by atomic mass is 127. The minimum absolute atomic E-state index is 0. The Bertz CT molecular complexity index is 611. The summed E-state index contributed by atoms with van der Waals surface area (Å²) in [5, 5.41) is 3.30. The molecule has 1 unspecified atom stereocenters. The van der Waals surface area contributed by atoms with Crippen LogP contribution in [0.2, 0.25) is 0 Å². The number of benzene rings is 1. The van der Waals surface area contributed by atoms with E-state index < -0.39 is 5.82 Å². The molecule has 6 nitrogen and oxygen atoms in total. The molecule has 1 N–H and O–H groups in total. The second-order valence-corrected chi connectivity index (χ2v) is 6.21. The Morgan fingerprint density at radius 2 is 2.00 bits per heavy atom. The van der Waals surface area contributed by atoms with Gasteiger partial charge in [0, 0.05) is 33.7 Å². The van der Waals surface area contributed by atoms with Crippen molar-refractivity contribution >= 4 is 35.8 Å². The smallest absolute Gasteiger partial charge is 0.243 e. The molecule has 0 aliphatic carbocycles. The summed E-state index contributed by atoms with van der Waals surface area (Å²) in [7, 11) is 6.69. The van der Waals surface area contributed by atoms with Gasteiger partial charge in [-0.2, -0.15) is 0 Å². The third kappa shape index (κ3) is 7.76. The molecule has 0 spiro atoms. The molecule has 1 aromatic rings. The van der Waals surface area contributed by atoms with Crippen molar-refractivity contribution in [2.75, 3.05) is 34.8 Å². The predicted octanol–water partition coefficient (Wildman–Crippen LogP) is 2.72. The summed E-state index contributed by atoms with van der Waals surface area (Å²) in [6.07, 6.45) is 0.922. The molecule has 0 saturated heterocycles. The Hall–Kier alpha value is -1.58. The standard InChI is InChI=1S/C18H29FN4O2.HI/c1-7-13(2)21-18(20-11-17(24)22(3)4)23(5)12-14-8-9-16(25-6)15(19)10-14;/h8-10,13H,7,11-12H2,1-6H3,(H,20,21);1H. The lowest BCUT2D eigenvalue weighted by Crippen LogP contribution is -2.43. The third-order valence-corrected chi connectivity index (χ3v) is 3.85. The van der Waals surface area contributed by atoms with Gasteiger partial charge in [-0.05, 0) is 31.0 Å². The third-order valence-electron chi connectivity index (χ3n) is 3.85. The first-order chi connectivity index (χ1) is 11.8. The molecule has 8 heteroatoms. The van der Waals surface area contributed by atoms with Gasteiger partial charge >= 0.3 is 0 Å². The van der Waals surface area contributed by atoms with Gasteiger partial charge in [-0.1, -0.05) is 13.0 Å². The number of nitrogens with zero attached hydrogens (tertiary/aromatic N) is 3. The number of carbonyl (C=O) groups is 1. The minimum atomic E-state index is -0.399. The molecule has 1 atom stereocenters. The number of hydrogen-bond acceptors (Lipinski definition) is 3. The number of aliphatic imine (C=N–C) groups is 1. The Morgan fingerprint density at radius 1 is 1.35 bits per heavy atom. The summed E-state index contributed by atoms with van der Waals surface area (Å²) >= 11 is 0. The van der Waals surface area contributed by atoms with Crippen LogP contribution in [0.5, 0.6) is 5.75 Å². The molecule has 1 rings (SSSR count). The molecule has 0 radical (unpaired) electrons. The maximum Gasteiger partial charge on any atom is 0.243 e. The molecule has 0 aromatic heterocycles. The Kier molecular flexibility index (Phi) is 11.2. The quantitative estimate of drug-likeness (QED) is 0.371. The minimum Gasteiger partial charge on any atom is -0.494 e. The van der Waals surface area contributed by atoms with Gasteiger partial charge in [0.25, 0.3) is 0 Å². The Labute approximate surface area is 172 Å². The molecule has 0 aliphatic rings. The van der Waals surface area contributed by atoms with Gasteiger partial charge in [0.1, 0.15) is 6.54 Å². The van der Waals surface area contributed by atoms with Gasteiger partial charge in [-0.25, -0.2) is 9.38 Å². The number of carbonyl (C=O) groups excluding carboxylic acids is 1. The lowest BCUT2D eigenvalue weighted by atomic mass is 10.2. The average molecular weight is 480 g/mol. The van der Waals surface area contributed by atoms with Crippen LogP contribution in [-0.4, -0.2) is 62.5 Å². The molecule has 0 aliphatic heterocycles. The van der Waals surface area contributed by atoms with E-state index in [0.717, 1.165) is 12.0 Å². The zero-order valence-corrected chi connectivity index (χ0v) is 18.7. The SMILES string of the molecule is CCC(C)NC(=NCC(=O)N(C)C)N(C)Cc1ccc(OC)c(F)c1.I. The lowest BCUT2D eigenvalue weighted by molar-refractivity contribution is -0.127. The number of guanidine groups is 1. The maximum absolute atomic E-state index is 13.9. The van der Waals surface area contributed by atoms with Crippen molar-refractivity contribution < 1.29 is 13.9 Å². The summed E-state index contributed by atoms with van der Waals surface area (Å²) in [5.74, 6) is 0.354. The molecule has 26 heavy (non-hydrogen) atoms. The summed E-state index contributed by atoms with van der Waals surface area (Å²) in [6, 6.07) is 5.07. The van der Waals surface area contributed by atoms with Crippen LogP contribution in [-0.2, 0) is 11.3 Å². The van der Waals surface area contributed by atoms with Crippen LogP contribution in [0.3, 0.4) is 0 Å². The van der Waals surface area contributed by atoms with E-state index in [1.165, 1.54) is 18.1 Å². The number of methoxy groups -OCH3 is 1. The molecule has 148 valence electrons. The molecule has 0 heterocycles. The first kappa shape index (κ1) is 24.4. The van der Waals surface area contributed by atoms with Gasteiger partial charge in [0.2, 0.25) is 5.91 Å². The monoisotopic (exact) mass is 480 g/mol. The van der Waals surface area contributed by atoms with Crippen molar-refractivity contribution in [2.45, 2.75) is 32.9 Å². The van der Waals surface area contributed by atoms with E-state index in [4.69, 9.17) is 4.74 Å². The second-order valence-electron chi connectivity index (χ2n) is 6.21. The van der Waals surface area contributed by atoms with Crippen molar-refractivity contribution in [2.24, 2.45) is 4.99 Å². The van der Waals surface area contributed by atoms with Crippen LogP contribution in [0.15, 0.2) is 23.2 Å². The van der Waals surface area contributed by atoms with E-state index in [-0.39, 0.29) is 48.2 Å². The number of rotatable bonds is 7. The van der Waals surface area contributed by atoms with Crippen molar-refractivity contribution in [3.63, 3.8) is 0 Å². The molecular weight excluding hydrogens is 450 g/mol. The van der Waals surface area contributed by atoms with Crippen LogP contribution < -0.4 is 10.1 Å². The van der Waals surface area contributed by atoms with Gasteiger partial charge in [0.15, 0.2) is 17.5 Å². The fourth-order valence-electron chi connectivity index (χ4n) is 2.04. The molecule has 1 aromatic carbocycles.